The average Bonchev–Trinajstić information content (AvgIpc) is 3.21. The Hall–Kier alpha value is -2.00. The fraction of sp³-hybridized carbons (Fsp3) is 0.200. The minimum absolute atomic E-state index is 0. The van der Waals surface area contributed by atoms with Crippen molar-refractivity contribution in [3.63, 3.8) is 0 Å². The van der Waals surface area contributed by atoms with Crippen molar-refractivity contribution in [1.82, 2.24) is 14.6 Å². The Bertz CT molecular complexity index is 1130. The Morgan fingerprint density at radius 1 is 1.16 bits per heavy atom. The summed E-state index contributed by atoms with van der Waals surface area (Å²) in [5, 5.41) is 4.60. The number of carbonyl (C=O) groups is 1. The number of fused-ring (bicyclic) bond motifs is 1. The van der Waals surface area contributed by atoms with E-state index in [1.165, 1.54) is 16.1 Å². The molecule has 0 radical (unpaired) electrons. The van der Waals surface area contributed by atoms with Gasteiger partial charge in [-0.05, 0) is 30.7 Å². The molecule has 4 rings (SSSR count). The summed E-state index contributed by atoms with van der Waals surface area (Å²) in [7, 11) is 0. The largest absolute Gasteiger partial charge is 2.00 e. The summed E-state index contributed by atoms with van der Waals surface area (Å²) in [5.74, 6) is -0.493. The molecule has 164 valence electrons. The maximum atomic E-state index is 14.1. The maximum absolute atomic E-state index is 14.1. The van der Waals surface area contributed by atoms with E-state index >= 15 is 0 Å². The first kappa shape index (κ1) is 28.0. The van der Waals surface area contributed by atoms with Crippen molar-refractivity contribution in [2.24, 2.45) is 0 Å². The fourth-order valence-corrected chi connectivity index (χ4v) is 2.92. The second-order valence-corrected chi connectivity index (χ2v) is 6.94. The molecule has 7 heteroatoms. The van der Waals surface area contributed by atoms with Crippen molar-refractivity contribution in [3.05, 3.63) is 95.9 Å². The van der Waals surface area contributed by atoms with Gasteiger partial charge in [0.25, 0.3) is 0 Å². The number of ketones is 1. The number of carbonyl (C=O) groups excluding carboxylic acids is 1. The third kappa shape index (κ3) is 7.55. The Labute approximate surface area is 217 Å². The SMILES string of the molecule is CCCC(=O)c1cc2nccc(-c3ccc(Cl)cc3F)n2n1.Cc1cc[c-]cc1.[CH2-]C.[U+2]. The Morgan fingerprint density at radius 3 is 2.41 bits per heavy atom. The summed E-state index contributed by atoms with van der Waals surface area (Å²) in [6, 6.07) is 18.5. The summed E-state index contributed by atoms with van der Waals surface area (Å²) in [5.41, 5.74) is 3.02. The Balaban J connectivity index is 0.000000434. The van der Waals surface area contributed by atoms with Gasteiger partial charge >= 0.3 is 31.1 Å². The molecule has 2 aromatic heterocycles. The van der Waals surface area contributed by atoms with E-state index in [2.05, 4.69) is 30.0 Å². The summed E-state index contributed by atoms with van der Waals surface area (Å²) in [6.07, 6.45) is 2.74. The van der Waals surface area contributed by atoms with Crippen molar-refractivity contribution in [2.45, 2.75) is 33.6 Å². The molecule has 0 amide bonds. The van der Waals surface area contributed by atoms with E-state index < -0.39 is 5.82 Å². The van der Waals surface area contributed by atoms with Crippen LogP contribution in [-0.4, -0.2) is 20.4 Å². The zero-order valence-corrected chi connectivity index (χ0v) is 23.3. The van der Waals surface area contributed by atoms with Crippen molar-refractivity contribution in [1.29, 1.82) is 0 Å². The fourth-order valence-electron chi connectivity index (χ4n) is 2.76. The molecule has 0 bridgehead atoms. The zero-order chi connectivity index (χ0) is 22.8. The van der Waals surface area contributed by atoms with Crippen LogP contribution in [0.4, 0.5) is 4.39 Å². The van der Waals surface area contributed by atoms with Crippen molar-refractivity contribution in [3.8, 4) is 11.3 Å². The number of hydrogen-bond donors (Lipinski definition) is 0. The summed E-state index contributed by atoms with van der Waals surface area (Å²) in [6.45, 7) is 8.99. The molecule has 0 N–H and O–H groups in total. The molecule has 0 saturated carbocycles. The first-order chi connectivity index (χ1) is 15.0. The third-order valence-corrected chi connectivity index (χ3v) is 4.45. The molecule has 0 unspecified atom stereocenters. The summed E-state index contributed by atoms with van der Waals surface area (Å²) in [4.78, 5) is 16.2. The Kier molecular flexibility index (Phi) is 12.5. The molecular formula is C25H25ClFN3OU. The van der Waals surface area contributed by atoms with Gasteiger partial charge in [-0.25, -0.2) is 13.9 Å². The van der Waals surface area contributed by atoms with E-state index in [0.717, 1.165) is 6.42 Å². The molecule has 32 heavy (non-hydrogen) atoms. The minimum Gasteiger partial charge on any atom is -0.346 e. The number of aryl methyl sites for hydroxylation is 1. The topological polar surface area (TPSA) is 47.3 Å². The molecule has 0 aliphatic carbocycles. The van der Waals surface area contributed by atoms with E-state index in [9.17, 15) is 9.18 Å². The number of benzene rings is 2. The summed E-state index contributed by atoms with van der Waals surface area (Å²) >= 11 is 5.78. The van der Waals surface area contributed by atoms with E-state index in [-0.39, 0.29) is 36.9 Å². The van der Waals surface area contributed by atoms with Gasteiger partial charge in [0.2, 0.25) is 0 Å². The van der Waals surface area contributed by atoms with E-state index in [1.807, 2.05) is 31.2 Å². The van der Waals surface area contributed by atoms with Gasteiger partial charge in [0.15, 0.2) is 11.4 Å². The molecule has 4 aromatic rings. The van der Waals surface area contributed by atoms with Gasteiger partial charge in [-0.15, -0.1) is 0 Å². The van der Waals surface area contributed by atoms with E-state index in [1.54, 1.807) is 37.4 Å². The van der Waals surface area contributed by atoms with Crippen molar-refractivity contribution < 1.29 is 40.3 Å². The van der Waals surface area contributed by atoms with Gasteiger partial charge in [-0.1, -0.05) is 25.4 Å². The average molecular weight is 676 g/mol. The monoisotopic (exact) mass is 675 g/mol. The van der Waals surface area contributed by atoms with Crippen LogP contribution >= 0.6 is 11.6 Å². The van der Waals surface area contributed by atoms with Crippen LogP contribution in [0.2, 0.25) is 5.02 Å². The van der Waals surface area contributed by atoms with Gasteiger partial charge in [0, 0.05) is 29.3 Å². The molecule has 2 aromatic carbocycles. The number of aromatic nitrogens is 3. The Morgan fingerprint density at radius 2 is 1.84 bits per heavy atom. The molecule has 4 nitrogen and oxygen atoms in total. The number of Topliss-reactive ketones (excluding diaryl/α,β-unsaturated/α-hetero) is 1. The molecule has 0 aliphatic heterocycles. The van der Waals surface area contributed by atoms with Crippen LogP contribution < -0.4 is 0 Å². The van der Waals surface area contributed by atoms with E-state index in [4.69, 9.17) is 11.6 Å². The van der Waals surface area contributed by atoms with Crippen LogP contribution in [0, 0.1) is 56.8 Å². The molecule has 0 atom stereocenters. The molecular weight excluding hydrogens is 651 g/mol. The minimum atomic E-state index is -0.447. The predicted molar refractivity (Wildman–Crippen MR) is 124 cm³/mol. The number of hydrogen-bond acceptors (Lipinski definition) is 3. The van der Waals surface area contributed by atoms with Gasteiger partial charge < -0.3 is 6.92 Å². The predicted octanol–water partition coefficient (Wildman–Crippen LogP) is 6.81. The van der Waals surface area contributed by atoms with Gasteiger partial charge in [-0.3, -0.25) is 4.79 Å². The van der Waals surface area contributed by atoms with Crippen LogP contribution in [0.5, 0.6) is 0 Å². The molecule has 0 aliphatic rings. The second kappa shape index (κ2) is 14.2. The van der Waals surface area contributed by atoms with Gasteiger partial charge in [-0.2, -0.15) is 47.9 Å². The zero-order valence-electron chi connectivity index (χ0n) is 18.4. The molecule has 0 saturated heterocycles. The first-order valence-electron chi connectivity index (χ1n) is 9.96. The van der Waals surface area contributed by atoms with Crippen LogP contribution in [-0.2, 0) is 0 Å². The molecule has 2 heterocycles. The van der Waals surface area contributed by atoms with Gasteiger partial charge in [0.05, 0.1) is 5.69 Å². The van der Waals surface area contributed by atoms with Crippen LogP contribution in [0.15, 0.2) is 60.8 Å². The van der Waals surface area contributed by atoms with E-state index in [0.29, 0.717) is 34.0 Å². The quantitative estimate of drug-likeness (QED) is 0.177. The molecule has 0 fully saturated rings. The first-order valence-corrected chi connectivity index (χ1v) is 10.3. The van der Waals surface area contributed by atoms with Gasteiger partial charge in [0.1, 0.15) is 11.5 Å². The number of halogens is 2. The van der Waals surface area contributed by atoms with Crippen LogP contribution in [0.25, 0.3) is 16.9 Å². The van der Waals surface area contributed by atoms with Crippen LogP contribution in [0.3, 0.4) is 0 Å². The standard InChI is InChI=1S/C16H13ClFN3O.C7H7.C2H5.U/c1-2-3-15(22)13-9-16-19-7-6-14(21(16)20-13)11-5-4-10(17)8-12(11)18;1-7-5-3-2-4-6-7;1-2;/h4-9H,2-3H2,1H3;3-6H,1H3;1H2,2H3;/q;2*-1;+2. The maximum Gasteiger partial charge on any atom is 2.00 e. The second-order valence-electron chi connectivity index (χ2n) is 6.50. The summed E-state index contributed by atoms with van der Waals surface area (Å²) < 4.78 is 15.6. The number of rotatable bonds is 4. The normalized spacial score (nSPS) is 9.69. The van der Waals surface area contributed by atoms with Crippen molar-refractivity contribution >= 4 is 23.0 Å². The molecule has 0 spiro atoms. The smallest absolute Gasteiger partial charge is 0.346 e. The van der Waals surface area contributed by atoms with Crippen molar-refractivity contribution in [2.75, 3.05) is 0 Å². The number of nitrogens with zero attached hydrogens (tertiary/aromatic N) is 3. The van der Waals surface area contributed by atoms with Crippen LogP contribution in [0.1, 0.15) is 42.7 Å². The third-order valence-electron chi connectivity index (χ3n) is 4.21.